The largest absolute Gasteiger partial charge is 0.481 e. The molecule has 12 heavy (non-hydrogen) atoms. The van der Waals surface area contributed by atoms with Gasteiger partial charge >= 0.3 is 5.97 Å². The normalized spacial score (nSPS) is 29.7. The lowest BCUT2D eigenvalue weighted by atomic mass is 9.81. The Morgan fingerprint density at radius 3 is 2.33 bits per heavy atom. The second-order valence-corrected chi connectivity index (χ2v) is 3.30. The van der Waals surface area contributed by atoms with Crippen LogP contribution in [-0.4, -0.2) is 17.0 Å². The van der Waals surface area contributed by atoms with Crippen LogP contribution in [0.1, 0.15) is 25.7 Å². The first-order valence-corrected chi connectivity index (χ1v) is 4.13. The highest BCUT2D eigenvalue weighted by Gasteiger charge is 2.29. The Balaban J connectivity index is 2.51. The van der Waals surface area contributed by atoms with Gasteiger partial charge in [0.05, 0.1) is 5.92 Å². The van der Waals surface area contributed by atoms with Crippen LogP contribution in [0, 0.1) is 11.8 Å². The number of hydrogen-bond donors (Lipinski definition) is 2. The lowest BCUT2D eigenvalue weighted by Gasteiger charge is -2.23. The van der Waals surface area contributed by atoms with E-state index in [9.17, 15) is 9.59 Å². The quantitative estimate of drug-likeness (QED) is 0.629. The van der Waals surface area contributed by atoms with Gasteiger partial charge in [0.2, 0.25) is 5.91 Å². The monoisotopic (exact) mass is 171 g/mol. The van der Waals surface area contributed by atoms with E-state index >= 15 is 0 Å². The average Bonchev–Trinajstić information content (AvgIpc) is 2.04. The molecule has 4 nitrogen and oxygen atoms in total. The average molecular weight is 171 g/mol. The predicted molar refractivity (Wildman–Crippen MR) is 42.3 cm³/mol. The van der Waals surface area contributed by atoms with E-state index in [2.05, 4.69) is 0 Å². The van der Waals surface area contributed by atoms with Crippen LogP contribution in [0.4, 0.5) is 0 Å². The smallest absolute Gasteiger partial charge is 0.306 e. The molecule has 1 aliphatic rings. The topological polar surface area (TPSA) is 80.4 Å². The number of amides is 1. The summed E-state index contributed by atoms with van der Waals surface area (Å²) in [6.45, 7) is 0. The summed E-state index contributed by atoms with van der Waals surface area (Å²) in [4.78, 5) is 21.3. The third-order valence-corrected chi connectivity index (χ3v) is 2.43. The van der Waals surface area contributed by atoms with E-state index in [0.29, 0.717) is 12.8 Å². The standard InChI is InChI=1S/C8H13NO3/c9-7(10)5-2-1-3-6(4-5)8(11)12/h5-6H,1-4H2,(H2,9,10)(H,11,12). The first kappa shape index (κ1) is 9.03. The van der Waals surface area contributed by atoms with Crippen molar-refractivity contribution >= 4 is 11.9 Å². The molecule has 1 aliphatic carbocycles. The second-order valence-electron chi connectivity index (χ2n) is 3.30. The Labute approximate surface area is 70.7 Å². The van der Waals surface area contributed by atoms with Crippen LogP contribution in [0.3, 0.4) is 0 Å². The van der Waals surface area contributed by atoms with Gasteiger partial charge < -0.3 is 10.8 Å². The molecule has 0 radical (unpaired) electrons. The van der Waals surface area contributed by atoms with Gasteiger partial charge in [-0.1, -0.05) is 6.42 Å². The molecule has 68 valence electrons. The molecule has 0 aliphatic heterocycles. The zero-order valence-electron chi connectivity index (χ0n) is 6.82. The highest BCUT2D eigenvalue weighted by Crippen LogP contribution is 2.28. The Bertz CT molecular complexity index is 182. The van der Waals surface area contributed by atoms with Crippen LogP contribution in [0.2, 0.25) is 0 Å². The van der Waals surface area contributed by atoms with E-state index in [0.717, 1.165) is 12.8 Å². The fourth-order valence-corrected chi connectivity index (χ4v) is 1.67. The van der Waals surface area contributed by atoms with Gasteiger partial charge in [0.15, 0.2) is 0 Å². The fourth-order valence-electron chi connectivity index (χ4n) is 1.67. The summed E-state index contributed by atoms with van der Waals surface area (Å²) in [5.74, 6) is -1.75. The van der Waals surface area contributed by atoms with Gasteiger partial charge in [-0.25, -0.2) is 0 Å². The number of aliphatic carboxylic acids is 1. The van der Waals surface area contributed by atoms with Crippen molar-refractivity contribution in [2.45, 2.75) is 25.7 Å². The summed E-state index contributed by atoms with van der Waals surface area (Å²) in [6, 6.07) is 0. The molecule has 1 fully saturated rings. The summed E-state index contributed by atoms with van der Waals surface area (Å²) >= 11 is 0. The van der Waals surface area contributed by atoms with Crippen molar-refractivity contribution in [3.63, 3.8) is 0 Å². The molecule has 0 aromatic carbocycles. The molecular formula is C8H13NO3. The van der Waals surface area contributed by atoms with Crippen molar-refractivity contribution in [3.05, 3.63) is 0 Å². The van der Waals surface area contributed by atoms with Crippen LogP contribution >= 0.6 is 0 Å². The van der Waals surface area contributed by atoms with Crippen molar-refractivity contribution in [1.29, 1.82) is 0 Å². The number of rotatable bonds is 2. The van der Waals surface area contributed by atoms with E-state index in [1.54, 1.807) is 0 Å². The number of hydrogen-bond acceptors (Lipinski definition) is 2. The second kappa shape index (κ2) is 3.56. The van der Waals surface area contributed by atoms with Crippen LogP contribution in [-0.2, 0) is 9.59 Å². The Hall–Kier alpha value is -1.06. The molecule has 2 atom stereocenters. The lowest BCUT2D eigenvalue weighted by molar-refractivity contribution is -0.143. The van der Waals surface area contributed by atoms with E-state index in [1.165, 1.54) is 0 Å². The van der Waals surface area contributed by atoms with E-state index in [-0.39, 0.29) is 17.7 Å². The fraction of sp³-hybridized carbons (Fsp3) is 0.750. The zero-order valence-corrected chi connectivity index (χ0v) is 6.82. The van der Waals surface area contributed by atoms with Gasteiger partial charge in [0.25, 0.3) is 0 Å². The first-order chi connectivity index (χ1) is 5.61. The van der Waals surface area contributed by atoms with Crippen molar-refractivity contribution in [2.24, 2.45) is 17.6 Å². The van der Waals surface area contributed by atoms with Crippen molar-refractivity contribution in [3.8, 4) is 0 Å². The minimum Gasteiger partial charge on any atom is -0.481 e. The molecular weight excluding hydrogens is 158 g/mol. The van der Waals surface area contributed by atoms with Crippen LogP contribution in [0.25, 0.3) is 0 Å². The maximum absolute atomic E-state index is 10.8. The maximum Gasteiger partial charge on any atom is 0.306 e. The minimum atomic E-state index is -0.805. The molecule has 1 saturated carbocycles. The third-order valence-electron chi connectivity index (χ3n) is 2.43. The summed E-state index contributed by atoms with van der Waals surface area (Å²) in [5, 5.41) is 8.69. The number of carbonyl (C=O) groups excluding carboxylic acids is 1. The predicted octanol–water partition coefficient (Wildman–Crippen LogP) is 0.363. The maximum atomic E-state index is 10.8. The van der Waals surface area contributed by atoms with Crippen molar-refractivity contribution in [2.75, 3.05) is 0 Å². The van der Waals surface area contributed by atoms with Gasteiger partial charge in [-0.2, -0.15) is 0 Å². The summed E-state index contributed by atoms with van der Waals surface area (Å²) in [5.41, 5.74) is 5.10. The molecule has 0 aromatic rings. The molecule has 0 aromatic heterocycles. The van der Waals surface area contributed by atoms with E-state index in [1.807, 2.05) is 0 Å². The molecule has 2 unspecified atom stereocenters. The van der Waals surface area contributed by atoms with Gasteiger partial charge in [0.1, 0.15) is 0 Å². The van der Waals surface area contributed by atoms with E-state index < -0.39 is 5.97 Å². The number of carboxylic acids is 1. The van der Waals surface area contributed by atoms with E-state index in [4.69, 9.17) is 10.8 Å². The van der Waals surface area contributed by atoms with Crippen LogP contribution < -0.4 is 5.73 Å². The Morgan fingerprint density at radius 1 is 1.25 bits per heavy atom. The molecule has 1 rings (SSSR count). The molecule has 0 bridgehead atoms. The van der Waals surface area contributed by atoms with Gasteiger partial charge in [-0.15, -0.1) is 0 Å². The molecule has 4 heteroatoms. The number of primary amides is 1. The zero-order chi connectivity index (χ0) is 9.14. The van der Waals surface area contributed by atoms with Gasteiger partial charge in [-0.05, 0) is 19.3 Å². The molecule has 1 amide bonds. The van der Waals surface area contributed by atoms with Crippen LogP contribution in [0.5, 0.6) is 0 Å². The summed E-state index contributed by atoms with van der Waals surface area (Å²) in [7, 11) is 0. The van der Waals surface area contributed by atoms with Crippen molar-refractivity contribution < 1.29 is 14.7 Å². The van der Waals surface area contributed by atoms with Gasteiger partial charge in [0, 0.05) is 5.92 Å². The first-order valence-electron chi connectivity index (χ1n) is 4.13. The summed E-state index contributed by atoms with van der Waals surface area (Å²) in [6.07, 6.45) is 2.65. The Kier molecular flexibility index (Phi) is 2.68. The van der Waals surface area contributed by atoms with Crippen molar-refractivity contribution in [1.82, 2.24) is 0 Å². The number of carboxylic acid groups (broad SMARTS) is 1. The van der Waals surface area contributed by atoms with Crippen LogP contribution in [0.15, 0.2) is 0 Å². The minimum absolute atomic E-state index is 0.222. The number of carbonyl (C=O) groups is 2. The SMILES string of the molecule is NC(=O)C1CCCC(C(=O)O)C1. The third kappa shape index (κ3) is 1.96. The molecule has 3 N–H and O–H groups in total. The highest BCUT2D eigenvalue weighted by atomic mass is 16.4. The Morgan fingerprint density at radius 2 is 1.83 bits per heavy atom. The molecule has 0 spiro atoms. The lowest BCUT2D eigenvalue weighted by Crippen LogP contribution is -2.31. The molecule has 0 heterocycles. The number of nitrogens with two attached hydrogens (primary N) is 1. The van der Waals surface area contributed by atoms with Gasteiger partial charge in [-0.3, -0.25) is 9.59 Å². The molecule has 0 saturated heterocycles. The summed E-state index contributed by atoms with van der Waals surface area (Å²) < 4.78 is 0. The highest BCUT2D eigenvalue weighted by molar-refractivity contribution is 5.78.